The van der Waals surface area contributed by atoms with E-state index in [0.29, 0.717) is 17.7 Å². The molecule has 0 aliphatic heterocycles. The van der Waals surface area contributed by atoms with E-state index in [9.17, 15) is 19.7 Å². The molecule has 0 aromatic heterocycles. The second-order valence-electron chi connectivity index (χ2n) is 8.60. The Hall–Kier alpha value is -3.42. The molecule has 0 spiro atoms. The molecule has 2 aromatic carbocycles. The van der Waals surface area contributed by atoms with E-state index >= 15 is 0 Å². The summed E-state index contributed by atoms with van der Waals surface area (Å²) in [6.45, 7) is 7.66. The maximum absolute atomic E-state index is 13.4. The van der Waals surface area contributed by atoms with Gasteiger partial charge in [0.2, 0.25) is 11.8 Å². The first-order chi connectivity index (χ1) is 15.1. The molecule has 2 aromatic rings. The summed E-state index contributed by atoms with van der Waals surface area (Å²) in [6, 6.07) is 12.7. The van der Waals surface area contributed by atoms with Crippen molar-refractivity contribution >= 4 is 17.5 Å². The van der Waals surface area contributed by atoms with Gasteiger partial charge in [-0.15, -0.1) is 0 Å². The maximum atomic E-state index is 13.4. The Balaban J connectivity index is 2.38. The van der Waals surface area contributed by atoms with Crippen LogP contribution in [0, 0.1) is 10.1 Å². The minimum atomic E-state index is -0.716. The fourth-order valence-corrected chi connectivity index (χ4v) is 3.40. The Morgan fingerprint density at radius 3 is 2.28 bits per heavy atom. The average Bonchev–Trinajstić information content (AvgIpc) is 2.73. The van der Waals surface area contributed by atoms with Crippen LogP contribution in [0.5, 0.6) is 5.75 Å². The number of rotatable bonds is 9. The number of methoxy groups -OCH3 is 1. The molecule has 8 nitrogen and oxygen atoms in total. The van der Waals surface area contributed by atoms with Crippen molar-refractivity contribution in [3.05, 3.63) is 69.8 Å². The number of hydrogen-bond acceptors (Lipinski definition) is 5. The number of nitro benzene ring substituents is 1. The first-order valence-corrected chi connectivity index (χ1v) is 10.5. The average molecular weight is 442 g/mol. The lowest BCUT2D eigenvalue weighted by molar-refractivity contribution is -0.385. The Morgan fingerprint density at radius 1 is 1.12 bits per heavy atom. The predicted octanol–water partition coefficient (Wildman–Crippen LogP) is 3.87. The fourth-order valence-electron chi connectivity index (χ4n) is 3.40. The van der Waals surface area contributed by atoms with E-state index in [2.05, 4.69) is 5.32 Å². The van der Waals surface area contributed by atoms with Crippen molar-refractivity contribution < 1.29 is 19.2 Å². The van der Waals surface area contributed by atoms with Crippen LogP contribution >= 0.6 is 0 Å². The molecule has 1 atom stereocenters. The van der Waals surface area contributed by atoms with Gasteiger partial charge >= 0.3 is 0 Å². The molecule has 1 N–H and O–H groups in total. The van der Waals surface area contributed by atoms with Crippen LogP contribution in [0.4, 0.5) is 5.69 Å². The van der Waals surface area contributed by atoms with E-state index < -0.39 is 16.5 Å². The molecule has 2 rings (SSSR count). The van der Waals surface area contributed by atoms with Crippen molar-refractivity contribution in [1.82, 2.24) is 10.2 Å². The first-order valence-electron chi connectivity index (χ1n) is 10.5. The number of carbonyl (C=O) groups excluding carboxylic acids is 2. The summed E-state index contributed by atoms with van der Waals surface area (Å²) < 4.78 is 5.19. The number of benzene rings is 2. The summed E-state index contributed by atoms with van der Waals surface area (Å²) in [5, 5.41) is 14.3. The molecule has 8 heteroatoms. The van der Waals surface area contributed by atoms with E-state index in [4.69, 9.17) is 4.74 Å². The van der Waals surface area contributed by atoms with Gasteiger partial charge in [-0.3, -0.25) is 19.7 Å². The van der Waals surface area contributed by atoms with Crippen molar-refractivity contribution in [1.29, 1.82) is 0 Å². The molecule has 32 heavy (non-hydrogen) atoms. The van der Waals surface area contributed by atoms with Crippen molar-refractivity contribution in [2.45, 2.75) is 58.7 Å². The summed E-state index contributed by atoms with van der Waals surface area (Å²) in [5.74, 6) is 0.0690. The summed E-state index contributed by atoms with van der Waals surface area (Å²) >= 11 is 0. The number of amides is 2. The number of carbonyl (C=O) groups is 2. The molecule has 0 fully saturated rings. The van der Waals surface area contributed by atoms with Gasteiger partial charge in [-0.2, -0.15) is 0 Å². The quantitative estimate of drug-likeness (QED) is 0.470. The van der Waals surface area contributed by atoms with Gasteiger partial charge in [-0.05, 0) is 44.9 Å². The lowest BCUT2D eigenvalue weighted by atomic mass is 10.0. The number of nitrogens with one attached hydrogen (secondary N) is 1. The summed E-state index contributed by atoms with van der Waals surface area (Å²) in [5.41, 5.74) is 0.562. The van der Waals surface area contributed by atoms with Crippen molar-refractivity contribution in [3.63, 3.8) is 0 Å². The van der Waals surface area contributed by atoms with E-state index in [0.717, 1.165) is 5.56 Å². The van der Waals surface area contributed by atoms with Crippen LogP contribution in [0.3, 0.4) is 0 Å². The van der Waals surface area contributed by atoms with Gasteiger partial charge < -0.3 is 15.0 Å². The van der Waals surface area contributed by atoms with Crippen molar-refractivity contribution in [3.8, 4) is 5.75 Å². The Bertz CT molecular complexity index is 951. The molecule has 172 valence electrons. The normalized spacial score (nSPS) is 12.0. The van der Waals surface area contributed by atoms with Crippen molar-refractivity contribution in [2.24, 2.45) is 0 Å². The molecule has 2 amide bonds. The fraction of sp³-hybridized carbons (Fsp3) is 0.417. The smallest absolute Gasteiger partial charge is 0.273 e. The van der Waals surface area contributed by atoms with Crippen LogP contribution in [-0.4, -0.2) is 40.3 Å². The highest BCUT2D eigenvalue weighted by atomic mass is 16.6. The minimum Gasteiger partial charge on any atom is -0.497 e. The van der Waals surface area contributed by atoms with Gasteiger partial charge in [0.1, 0.15) is 11.8 Å². The molecule has 0 aliphatic rings. The SMILES string of the molecule is CCC(C(=O)NC(C)(C)C)N(Cc1ccc(OC)cc1)C(=O)Cc1ccccc1[N+](=O)[O-]. The standard InChI is InChI=1S/C24H31N3O5/c1-6-20(23(29)25-24(2,3)4)26(16-17-11-13-19(32-5)14-12-17)22(28)15-18-9-7-8-10-21(18)27(30)31/h7-14,20H,6,15-16H2,1-5H3,(H,25,29). The molecular formula is C24H31N3O5. The zero-order valence-electron chi connectivity index (χ0n) is 19.3. The van der Waals surface area contributed by atoms with Gasteiger partial charge in [0.15, 0.2) is 0 Å². The molecule has 1 unspecified atom stereocenters. The van der Waals surface area contributed by atoms with E-state index in [-0.39, 0.29) is 30.5 Å². The van der Waals surface area contributed by atoms with Gasteiger partial charge in [0, 0.05) is 23.7 Å². The summed E-state index contributed by atoms with van der Waals surface area (Å²) in [6.07, 6.45) is 0.229. The summed E-state index contributed by atoms with van der Waals surface area (Å²) in [4.78, 5) is 38.8. The zero-order chi connectivity index (χ0) is 23.9. The van der Waals surface area contributed by atoms with E-state index in [1.54, 1.807) is 37.4 Å². The van der Waals surface area contributed by atoms with E-state index in [1.807, 2.05) is 39.8 Å². The lowest BCUT2D eigenvalue weighted by Gasteiger charge is -2.33. The lowest BCUT2D eigenvalue weighted by Crippen LogP contribution is -2.53. The topological polar surface area (TPSA) is 102 Å². The van der Waals surface area contributed by atoms with Gasteiger partial charge in [0.05, 0.1) is 18.5 Å². The maximum Gasteiger partial charge on any atom is 0.273 e. The predicted molar refractivity (Wildman–Crippen MR) is 122 cm³/mol. The van der Waals surface area contributed by atoms with Crippen LogP contribution in [0.15, 0.2) is 48.5 Å². The number of para-hydroxylation sites is 1. The molecular weight excluding hydrogens is 410 g/mol. The molecule has 0 saturated carbocycles. The third-order valence-electron chi connectivity index (χ3n) is 4.93. The van der Waals surface area contributed by atoms with Gasteiger partial charge in [-0.25, -0.2) is 0 Å². The number of nitrogens with zero attached hydrogens (tertiary/aromatic N) is 2. The molecule has 0 heterocycles. The zero-order valence-corrected chi connectivity index (χ0v) is 19.3. The van der Waals surface area contributed by atoms with Crippen LogP contribution in [0.2, 0.25) is 0 Å². The second kappa shape index (κ2) is 10.7. The molecule has 0 saturated heterocycles. The molecule has 0 aliphatic carbocycles. The molecule has 0 bridgehead atoms. The van der Waals surface area contributed by atoms with Crippen LogP contribution in [0.1, 0.15) is 45.2 Å². The Labute approximate surface area is 188 Å². The number of nitro groups is 1. The van der Waals surface area contributed by atoms with Gasteiger partial charge in [0.25, 0.3) is 5.69 Å². The largest absolute Gasteiger partial charge is 0.497 e. The van der Waals surface area contributed by atoms with Gasteiger partial charge in [-0.1, -0.05) is 37.3 Å². The number of hydrogen-bond donors (Lipinski definition) is 1. The van der Waals surface area contributed by atoms with E-state index in [1.165, 1.54) is 11.0 Å². The Kier molecular flexibility index (Phi) is 8.34. The third-order valence-corrected chi connectivity index (χ3v) is 4.93. The first kappa shape index (κ1) is 24.8. The van der Waals surface area contributed by atoms with Crippen LogP contribution < -0.4 is 10.1 Å². The monoisotopic (exact) mass is 441 g/mol. The van der Waals surface area contributed by atoms with Crippen LogP contribution in [-0.2, 0) is 22.6 Å². The summed E-state index contributed by atoms with van der Waals surface area (Å²) in [7, 11) is 1.57. The van der Waals surface area contributed by atoms with Crippen LogP contribution in [0.25, 0.3) is 0 Å². The highest BCUT2D eigenvalue weighted by molar-refractivity contribution is 5.89. The van der Waals surface area contributed by atoms with Crippen molar-refractivity contribution in [2.75, 3.05) is 7.11 Å². The minimum absolute atomic E-state index is 0.113. The molecule has 0 radical (unpaired) electrons. The highest BCUT2D eigenvalue weighted by Crippen LogP contribution is 2.22. The Morgan fingerprint density at radius 2 is 1.75 bits per heavy atom. The second-order valence-corrected chi connectivity index (χ2v) is 8.60. The number of ether oxygens (including phenoxy) is 1. The third kappa shape index (κ3) is 6.80. The highest BCUT2D eigenvalue weighted by Gasteiger charge is 2.31.